The molecule has 1 fully saturated rings. The van der Waals surface area contributed by atoms with Gasteiger partial charge in [0.15, 0.2) is 0 Å². The van der Waals surface area contributed by atoms with Crippen LogP contribution in [0.4, 0.5) is 13.2 Å². The van der Waals surface area contributed by atoms with E-state index < -0.39 is 23.6 Å². The van der Waals surface area contributed by atoms with E-state index in [9.17, 15) is 22.8 Å². The minimum atomic E-state index is -5.07. The van der Waals surface area contributed by atoms with Crippen molar-refractivity contribution in [3.05, 3.63) is 12.2 Å². The number of aliphatic carboxylic acids is 1. The summed E-state index contributed by atoms with van der Waals surface area (Å²) in [5.74, 6) is -3.72. The zero-order valence-corrected chi connectivity index (χ0v) is 7.52. The fourth-order valence-electron chi connectivity index (χ4n) is 1.38. The van der Waals surface area contributed by atoms with Crippen LogP contribution in [0, 0.1) is 0 Å². The third-order valence-corrected chi connectivity index (χ3v) is 2.12. The van der Waals surface area contributed by atoms with Gasteiger partial charge in [-0.2, -0.15) is 13.2 Å². The molecule has 84 valence electrons. The van der Waals surface area contributed by atoms with Gasteiger partial charge in [0.2, 0.25) is 0 Å². The van der Waals surface area contributed by atoms with Crippen LogP contribution in [-0.2, 0) is 9.59 Å². The number of alkyl halides is 3. The van der Waals surface area contributed by atoms with Gasteiger partial charge in [-0.15, -0.1) is 0 Å². The van der Waals surface area contributed by atoms with Gasteiger partial charge in [0, 0.05) is 12.8 Å². The van der Waals surface area contributed by atoms with Crippen molar-refractivity contribution in [3.8, 4) is 0 Å². The largest absolute Gasteiger partial charge is 0.479 e. The first-order valence-electron chi connectivity index (χ1n) is 3.97. The predicted octanol–water partition coefficient (Wildman–Crippen LogP) is 0.838. The molecule has 1 aliphatic carbocycles. The molecule has 1 rings (SSSR count). The standard InChI is InChI=1S/C8H8F3NO3/c1-4-2-7(3-4,6(14)15)12-5(13)8(9,10)11/h1-3H2,(H,12,13)(H,14,15). The van der Waals surface area contributed by atoms with Gasteiger partial charge in [-0.25, -0.2) is 4.79 Å². The number of hydrogen-bond acceptors (Lipinski definition) is 2. The Kier molecular flexibility index (Phi) is 2.50. The number of carboxylic acids is 1. The molecule has 0 atom stereocenters. The first-order chi connectivity index (χ1) is 6.67. The van der Waals surface area contributed by atoms with Crippen LogP contribution in [0.15, 0.2) is 12.2 Å². The monoisotopic (exact) mass is 223 g/mol. The van der Waals surface area contributed by atoms with Crippen molar-refractivity contribution in [1.82, 2.24) is 5.32 Å². The Hall–Kier alpha value is -1.53. The number of nitrogens with one attached hydrogen (secondary N) is 1. The van der Waals surface area contributed by atoms with Crippen molar-refractivity contribution in [2.24, 2.45) is 0 Å². The summed E-state index contributed by atoms with van der Waals surface area (Å²) >= 11 is 0. The van der Waals surface area contributed by atoms with Gasteiger partial charge >= 0.3 is 18.1 Å². The number of carbonyl (C=O) groups is 2. The second-order valence-electron chi connectivity index (χ2n) is 3.44. The zero-order chi connectivity index (χ0) is 11.9. The van der Waals surface area contributed by atoms with E-state index in [0.717, 1.165) is 0 Å². The molecule has 0 bridgehead atoms. The summed E-state index contributed by atoms with van der Waals surface area (Å²) in [6.45, 7) is 3.41. The molecule has 2 N–H and O–H groups in total. The van der Waals surface area contributed by atoms with E-state index in [-0.39, 0.29) is 12.8 Å². The van der Waals surface area contributed by atoms with Gasteiger partial charge in [-0.05, 0) is 0 Å². The maximum Gasteiger partial charge on any atom is 0.471 e. The van der Waals surface area contributed by atoms with Crippen LogP contribution in [-0.4, -0.2) is 28.7 Å². The minimum absolute atomic E-state index is 0.163. The van der Waals surface area contributed by atoms with Crippen LogP contribution in [0.1, 0.15) is 12.8 Å². The summed E-state index contributed by atoms with van der Waals surface area (Å²) < 4.78 is 35.6. The first-order valence-corrected chi connectivity index (χ1v) is 3.97. The Morgan fingerprint density at radius 3 is 2.13 bits per heavy atom. The third-order valence-electron chi connectivity index (χ3n) is 2.12. The number of amides is 1. The Labute approximate surface area is 82.8 Å². The second-order valence-corrected chi connectivity index (χ2v) is 3.44. The van der Waals surface area contributed by atoms with Crippen LogP contribution in [0.5, 0.6) is 0 Å². The molecular weight excluding hydrogens is 215 g/mol. The van der Waals surface area contributed by atoms with E-state index in [1.807, 2.05) is 0 Å². The van der Waals surface area contributed by atoms with Crippen LogP contribution < -0.4 is 5.32 Å². The summed E-state index contributed by atoms with van der Waals surface area (Å²) in [5, 5.41) is 10.2. The summed E-state index contributed by atoms with van der Waals surface area (Å²) in [6, 6.07) is 0. The molecule has 0 spiro atoms. The van der Waals surface area contributed by atoms with E-state index in [0.29, 0.717) is 5.57 Å². The lowest BCUT2D eigenvalue weighted by Gasteiger charge is -2.40. The summed E-state index contributed by atoms with van der Waals surface area (Å²) in [7, 11) is 0. The smallest absolute Gasteiger partial charge is 0.471 e. The first kappa shape index (κ1) is 11.5. The molecule has 0 unspecified atom stereocenters. The molecule has 15 heavy (non-hydrogen) atoms. The quantitative estimate of drug-likeness (QED) is 0.681. The fraction of sp³-hybridized carbons (Fsp3) is 0.500. The topological polar surface area (TPSA) is 66.4 Å². The number of hydrogen-bond donors (Lipinski definition) is 2. The van der Waals surface area contributed by atoms with Gasteiger partial charge in [0.05, 0.1) is 0 Å². The minimum Gasteiger partial charge on any atom is -0.479 e. The van der Waals surface area contributed by atoms with Crippen molar-refractivity contribution in [3.63, 3.8) is 0 Å². The molecule has 1 aliphatic rings. The Balaban J connectivity index is 2.75. The van der Waals surface area contributed by atoms with E-state index in [4.69, 9.17) is 5.11 Å². The van der Waals surface area contributed by atoms with E-state index in [2.05, 4.69) is 6.58 Å². The van der Waals surface area contributed by atoms with Gasteiger partial charge in [0.1, 0.15) is 5.54 Å². The Bertz CT molecular complexity index is 327. The molecule has 0 aromatic heterocycles. The Morgan fingerprint density at radius 1 is 1.40 bits per heavy atom. The SMILES string of the molecule is C=C1CC(NC(=O)C(F)(F)F)(C(=O)O)C1. The van der Waals surface area contributed by atoms with Crippen molar-refractivity contribution >= 4 is 11.9 Å². The van der Waals surface area contributed by atoms with Gasteiger partial charge in [-0.3, -0.25) is 4.79 Å². The lowest BCUT2D eigenvalue weighted by Crippen LogP contribution is -2.62. The summed E-state index contributed by atoms with van der Waals surface area (Å²) in [4.78, 5) is 21.2. The highest BCUT2D eigenvalue weighted by Crippen LogP contribution is 2.37. The van der Waals surface area contributed by atoms with E-state index >= 15 is 0 Å². The molecule has 1 saturated carbocycles. The van der Waals surface area contributed by atoms with Crippen molar-refractivity contribution in [2.45, 2.75) is 24.6 Å². The van der Waals surface area contributed by atoms with Crippen LogP contribution in [0.2, 0.25) is 0 Å². The van der Waals surface area contributed by atoms with Crippen LogP contribution in [0.3, 0.4) is 0 Å². The van der Waals surface area contributed by atoms with E-state index in [1.165, 1.54) is 5.32 Å². The third kappa shape index (κ3) is 2.11. The lowest BCUT2D eigenvalue weighted by molar-refractivity contribution is -0.178. The predicted molar refractivity (Wildman–Crippen MR) is 42.9 cm³/mol. The maximum absolute atomic E-state index is 11.9. The fourth-order valence-corrected chi connectivity index (χ4v) is 1.38. The molecule has 1 amide bonds. The highest BCUT2D eigenvalue weighted by atomic mass is 19.4. The van der Waals surface area contributed by atoms with Gasteiger partial charge in [-0.1, -0.05) is 12.2 Å². The summed E-state index contributed by atoms with van der Waals surface area (Å²) in [5.41, 5.74) is -1.33. The Morgan fingerprint density at radius 2 is 1.87 bits per heavy atom. The number of halogens is 3. The van der Waals surface area contributed by atoms with Crippen LogP contribution in [0.25, 0.3) is 0 Å². The normalized spacial score (nSPS) is 19.3. The van der Waals surface area contributed by atoms with Gasteiger partial charge in [0.25, 0.3) is 0 Å². The molecule has 0 aromatic carbocycles. The maximum atomic E-state index is 11.9. The number of rotatable bonds is 2. The van der Waals surface area contributed by atoms with Crippen LogP contribution >= 0.6 is 0 Å². The second kappa shape index (κ2) is 3.25. The lowest BCUT2D eigenvalue weighted by atomic mass is 9.73. The van der Waals surface area contributed by atoms with Crippen molar-refractivity contribution < 1.29 is 27.9 Å². The summed E-state index contributed by atoms with van der Waals surface area (Å²) in [6.07, 6.45) is -5.40. The molecule has 0 saturated heterocycles. The molecule has 0 radical (unpaired) electrons. The number of carboxylic acid groups (broad SMARTS) is 1. The van der Waals surface area contributed by atoms with Gasteiger partial charge < -0.3 is 10.4 Å². The number of carbonyl (C=O) groups excluding carboxylic acids is 1. The van der Waals surface area contributed by atoms with E-state index in [1.54, 1.807) is 0 Å². The average molecular weight is 223 g/mol. The van der Waals surface area contributed by atoms with Crippen molar-refractivity contribution in [2.75, 3.05) is 0 Å². The van der Waals surface area contributed by atoms with Crippen molar-refractivity contribution in [1.29, 1.82) is 0 Å². The molecule has 0 aliphatic heterocycles. The molecule has 0 aromatic rings. The molecular formula is C8H8F3NO3. The highest BCUT2D eigenvalue weighted by Gasteiger charge is 2.52. The molecule has 4 nitrogen and oxygen atoms in total. The zero-order valence-electron chi connectivity index (χ0n) is 7.52. The molecule has 0 heterocycles. The average Bonchev–Trinajstić information content (AvgIpc) is 1.98. The molecule has 7 heteroatoms. The highest BCUT2D eigenvalue weighted by molar-refractivity contribution is 5.91.